The zero-order valence-corrected chi connectivity index (χ0v) is 11.2. The van der Waals surface area contributed by atoms with Crippen LogP contribution in [-0.2, 0) is 4.79 Å². The van der Waals surface area contributed by atoms with Gasteiger partial charge in [-0.2, -0.15) is 0 Å². The van der Waals surface area contributed by atoms with Crippen molar-refractivity contribution in [2.24, 2.45) is 17.8 Å². The van der Waals surface area contributed by atoms with Crippen LogP contribution in [0, 0.1) is 31.6 Å². The number of hydrogen-bond acceptors (Lipinski definition) is 1. The van der Waals surface area contributed by atoms with E-state index in [1.165, 1.54) is 30.4 Å². The maximum absolute atomic E-state index is 12.3. The number of benzene rings is 1. The van der Waals surface area contributed by atoms with E-state index in [1.54, 1.807) is 0 Å². The van der Waals surface area contributed by atoms with Gasteiger partial charge in [-0.1, -0.05) is 12.5 Å². The molecule has 0 unspecified atom stereocenters. The monoisotopic (exact) mass is 243 g/mol. The van der Waals surface area contributed by atoms with Gasteiger partial charge >= 0.3 is 0 Å². The summed E-state index contributed by atoms with van der Waals surface area (Å²) in [6.07, 6.45) is 5.00. The molecule has 2 saturated carbocycles. The van der Waals surface area contributed by atoms with Crippen molar-refractivity contribution in [3.8, 4) is 0 Å². The molecule has 1 amide bonds. The lowest BCUT2D eigenvalue weighted by molar-refractivity contribution is -0.121. The number of aryl methyl sites for hydroxylation is 2. The molecule has 2 fully saturated rings. The second-order valence-corrected chi connectivity index (χ2v) is 6.15. The van der Waals surface area contributed by atoms with Crippen molar-refractivity contribution >= 4 is 11.6 Å². The lowest BCUT2D eigenvalue weighted by atomic mass is 9.88. The van der Waals surface area contributed by atoms with Crippen molar-refractivity contribution in [2.45, 2.75) is 39.5 Å². The first-order chi connectivity index (χ1) is 8.61. The Hall–Kier alpha value is -1.31. The first-order valence-electron chi connectivity index (χ1n) is 7.01. The molecule has 2 aliphatic rings. The largest absolute Gasteiger partial charge is 0.326 e. The number of nitrogens with one attached hydrogen (secondary N) is 1. The van der Waals surface area contributed by atoms with Crippen LogP contribution in [0.5, 0.6) is 0 Å². The van der Waals surface area contributed by atoms with Gasteiger partial charge in [-0.25, -0.2) is 0 Å². The summed E-state index contributed by atoms with van der Waals surface area (Å²) in [7, 11) is 0. The van der Waals surface area contributed by atoms with Gasteiger partial charge in [0.15, 0.2) is 0 Å². The molecule has 0 aliphatic heterocycles. The van der Waals surface area contributed by atoms with Gasteiger partial charge in [0.05, 0.1) is 0 Å². The topological polar surface area (TPSA) is 29.1 Å². The third kappa shape index (κ3) is 2.16. The van der Waals surface area contributed by atoms with Gasteiger partial charge in [0, 0.05) is 11.6 Å². The maximum atomic E-state index is 12.3. The van der Waals surface area contributed by atoms with Gasteiger partial charge in [0.25, 0.3) is 0 Å². The molecule has 0 saturated heterocycles. The van der Waals surface area contributed by atoms with E-state index in [2.05, 4.69) is 37.4 Å². The molecular formula is C16H21NO. The summed E-state index contributed by atoms with van der Waals surface area (Å²) in [5, 5.41) is 3.11. The Bertz CT molecular complexity index is 460. The van der Waals surface area contributed by atoms with E-state index in [9.17, 15) is 4.79 Å². The van der Waals surface area contributed by atoms with Crippen LogP contribution >= 0.6 is 0 Å². The lowest BCUT2D eigenvalue weighted by Gasteiger charge is -2.21. The van der Waals surface area contributed by atoms with Gasteiger partial charge in [-0.3, -0.25) is 4.79 Å². The molecule has 0 heterocycles. The highest BCUT2D eigenvalue weighted by molar-refractivity contribution is 5.93. The second-order valence-electron chi connectivity index (χ2n) is 6.15. The molecule has 3 rings (SSSR count). The standard InChI is InChI=1S/C16H21NO/c1-10-5-11(2)7-14(6-10)17-16(18)15-9-12-3-4-13(15)8-12/h5-7,12-13,15H,3-4,8-9H2,1-2H3,(H,17,18)/t12-,13-,15+/m0/s1. The molecule has 2 bridgehead atoms. The summed E-state index contributed by atoms with van der Waals surface area (Å²) in [5.41, 5.74) is 3.37. The zero-order valence-electron chi connectivity index (χ0n) is 11.2. The second kappa shape index (κ2) is 4.42. The molecular weight excluding hydrogens is 222 g/mol. The number of hydrogen-bond donors (Lipinski definition) is 1. The van der Waals surface area contributed by atoms with Crippen molar-refractivity contribution in [3.05, 3.63) is 29.3 Å². The Morgan fingerprint density at radius 1 is 1.11 bits per heavy atom. The minimum absolute atomic E-state index is 0.243. The summed E-state index contributed by atoms with van der Waals surface area (Å²) >= 11 is 0. The number of fused-ring (bicyclic) bond motifs is 2. The van der Waals surface area contributed by atoms with E-state index in [-0.39, 0.29) is 11.8 Å². The van der Waals surface area contributed by atoms with Crippen LogP contribution in [0.25, 0.3) is 0 Å². The Morgan fingerprint density at radius 3 is 2.39 bits per heavy atom. The van der Waals surface area contributed by atoms with Crippen LogP contribution < -0.4 is 5.32 Å². The minimum Gasteiger partial charge on any atom is -0.326 e. The van der Waals surface area contributed by atoms with Gasteiger partial charge in [0.2, 0.25) is 5.91 Å². The molecule has 1 aromatic rings. The molecule has 1 aromatic carbocycles. The molecule has 96 valence electrons. The van der Waals surface area contributed by atoms with E-state index in [1.807, 2.05) is 0 Å². The molecule has 2 heteroatoms. The fraction of sp³-hybridized carbons (Fsp3) is 0.562. The first-order valence-corrected chi connectivity index (χ1v) is 7.01. The lowest BCUT2D eigenvalue weighted by Crippen LogP contribution is -2.27. The number of carbonyl (C=O) groups is 1. The number of anilines is 1. The molecule has 0 aromatic heterocycles. The van der Waals surface area contributed by atoms with E-state index in [0.29, 0.717) is 5.92 Å². The zero-order chi connectivity index (χ0) is 12.7. The van der Waals surface area contributed by atoms with E-state index >= 15 is 0 Å². The minimum atomic E-state index is 0.243. The van der Waals surface area contributed by atoms with E-state index in [4.69, 9.17) is 0 Å². The number of amides is 1. The predicted octanol–water partition coefficient (Wildman–Crippen LogP) is 3.68. The van der Waals surface area contributed by atoms with Crippen molar-refractivity contribution in [1.29, 1.82) is 0 Å². The van der Waals surface area contributed by atoms with Gasteiger partial charge in [-0.15, -0.1) is 0 Å². The molecule has 3 atom stereocenters. The molecule has 2 nitrogen and oxygen atoms in total. The predicted molar refractivity (Wildman–Crippen MR) is 73.5 cm³/mol. The maximum Gasteiger partial charge on any atom is 0.227 e. The number of carbonyl (C=O) groups excluding carboxylic acids is 1. The third-order valence-electron chi connectivity index (χ3n) is 4.56. The summed E-state index contributed by atoms with van der Waals surface area (Å²) in [6, 6.07) is 6.24. The van der Waals surface area contributed by atoms with Crippen LogP contribution in [-0.4, -0.2) is 5.91 Å². The summed E-state index contributed by atoms with van der Waals surface area (Å²) in [6.45, 7) is 4.14. The smallest absolute Gasteiger partial charge is 0.227 e. The Balaban J connectivity index is 1.70. The van der Waals surface area contributed by atoms with Gasteiger partial charge in [-0.05, 0) is 68.2 Å². The normalized spacial score (nSPS) is 29.6. The summed E-state index contributed by atoms with van der Waals surface area (Å²) in [5.74, 6) is 1.99. The van der Waals surface area contributed by atoms with Crippen LogP contribution in [0.1, 0.15) is 36.8 Å². The average molecular weight is 243 g/mol. The molecule has 0 radical (unpaired) electrons. The first kappa shape index (κ1) is 11.8. The number of rotatable bonds is 2. The molecule has 0 spiro atoms. The van der Waals surface area contributed by atoms with Crippen LogP contribution in [0.4, 0.5) is 5.69 Å². The van der Waals surface area contributed by atoms with Gasteiger partial charge in [0.1, 0.15) is 0 Å². The van der Waals surface area contributed by atoms with Crippen molar-refractivity contribution in [1.82, 2.24) is 0 Å². The molecule has 2 aliphatic carbocycles. The Morgan fingerprint density at radius 2 is 1.83 bits per heavy atom. The molecule has 1 N–H and O–H groups in total. The summed E-state index contributed by atoms with van der Waals surface area (Å²) in [4.78, 5) is 12.3. The SMILES string of the molecule is Cc1cc(C)cc(NC(=O)[C@@H]2C[C@H]3CC[C@H]2C3)c1. The van der Waals surface area contributed by atoms with Crippen LogP contribution in [0.3, 0.4) is 0 Å². The Kier molecular flexibility index (Phi) is 2.89. The van der Waals surface area contributed by atoms with Gasteiger partial charge < -0.3 is 5.32 Å². The highest BCUT2D eigenvalue weighted by atomic mass is 16.1. The molecule has 18 heavy (non-hydrogen) atoms. The highest BCUT2D eigenvalue weighted by Gasteiger charge is 2.42. The summed E-state index contributed by atoms with van der Waals surface area (Å²) < 4.78 is 0. The quantitative estimate of drug-likeness (QED) is 0.843. The van der Waals surface area contributed by atoms with Crippen molar-refractivity contribution < 1.29 is 4.79 Å². The van der Waals surface area contributed by atoms with E-state index < -0.39 is 0 Å². The van der Waals surface area contributed by atoms with Crippen molar-refractivity contribution in [2.75, 3.05) is 5.32 Å². The fourth-order valence-electron chi connectivity index (χ4n) is 3.85. The Labute approximate surface area is 109 Å². The van der Waals surface area contributed by atoms with Crippen LogP contribution in [0.15, 0.2) is 18.2 Å². The fourth-order valence-corrected chi connectivity index (χ4v) is 3.85. The van der Waals surface area contributed by atoms with E-state index in [0.717, 1.165) is 18.0 Å². The average Bonchev–Trinajstić information content (AvgIpc) is 2.88. The third-order valence-corrected chi connectivity index (χ3v) is 4.56. The van der Waals surface area contributed by atoms with Crippen molar-refractivity contribution in [3.63, 3.8) is 0 Å². The van der Waals surface area contributed by atoms with Crippen LogP contribution in [0.2, 0.25) is 0 Å². The highest BCUT2D eigenvalue weighted by Crippen LogP contribution is 2.48.